The molecular formula is C23H41N5OS. The zero-order valence-corrected chi connectivity index (χ0v) is 19.9. The third-order valence-electron chi connectivity index (χ3n) is 6.35. The summed E-state index contributed by atoms with van der Waals surface area (Å²) in [5.74, 6) is 1.79. The van der Waals surface area contributed by atoms with Crippen LogP contribution < -0.4 is 10.6 Å². The first-order valence-electron chi connectivity index (χ1n) is 11.8. The quantitative estimate of drug-likeness (QED) is 0.461. The average Bonchev–Trinajstić information content (AvgIpc) is 3.29. The van der Waals surface area contributed by atoms with Gasteiger partial charge in [-0.3, -0.25) is 9.89 Å². The van der Waals surface area contributed by atoms with Crippen molar-refractivity contribution in [3.05, 3.63) is 22.4 Å². The van der Waals surface area contributed by atoms with Crippen LogP contribution in [0.2, 0.25) is 0 Å². The molecule has 2 unspecified atom stereocenters. The topological polar surface area (TPSA) is 52.1 Å². The van der Waals surface area contributed by atoms with E-state index in [1.807, 2.05) is 11.3 Å². The SMILES string of the molecule is CCNC(=NCC(c1cccs1)N1CCOC(C)C1)NCCC1CCN(CC)CC1. The first kappa shape index (κ1) is 23.5. The first-order chi connectivity index (χ1) is 14.7. The molecular weight excluding hydrogens is 394 g/mol. The summed E-state index contributed by atoms with van der Waals surface area (Å²) in [6, 6.07) is 4.71. The molecule has 2 N–H and O–H groups in total. The van der Waals surface area contributed by atoms with Crippen LogP contribution in [0.15, 0.2) is 22.5 Å². The number of morpholine rings is 1. The van der Waals surface area contributed by atoms with E-state index in [0.717, 1.165) is 51.2 Å². The number of piperidine rings is 1. The normalized spacial score (nSPS) is 23.4. The Balaban J connectivity index is 1.53. The molecule has 3 heterocycles. The number of thiophene rings is 1. The van der Waals surface area contributed by atoms with E-state index in [0.29, 0.717) is 6.04 Å². The molecule has 2 atom stereocenters. The number of rotatable bonds is 9. The lowest BCUT2D eigenvalue weighted by molar-refractivity contribution is -0.0327. The molecule has 0 radical (unpaired) electrons. The summed E-state index contributed by atoms with van der Waals surface area (Å²) in [6.07, 6.45) is 4.19. The van der Waals surface area contributed by atoms with Crippen molar-refractivity contribution in [2.75, 3.05) is 59.0 Å². The lowest BCUT2D eigenvalue weighted by atomic mass is 9.93. The molecule has 7 heteroatoms. The lowest BCUT2D eigenvalue weighted by Crippen LogP contribution is -2.44. The van der Waals surface area contributed by atoms with Crippen LogP contribution in [0.5, 0.6) is 0 Å². The van der Waals surface area contributed by atoms with Crippen LogP contribution in [0.4, 0.5) is 0 Å². The van der Waals surface area contributed by atoms with Gasteiger partial charge in [0.05, 0.1) is 25.3 Å². The molecule has 2 aliphatic rings. The van der Waals surface area contributed by atoms with Crippen molar-refractivity contribution in [1.82, 2.24) is 20.4 Å². The molecule has 0 aliphatic carbocycles. The third kappa shape index (κ3) is 7.22. The van der Waals surface area contributed by atoms with Gasteiger partial charge in [-0.25, -0.2) is 0 Å². The average molecular weight is 436 g/mol. The molecule has 1 aromatic heterocycles. The van der Waals surface area contributed by atoms with E-state index in [4.69, 9.17) is 9.73 Å². The summed E-state index contributed by atoms with van der Waals surface area (Å²) in [5.41, 5.74) is 0. The van der Waals surface area contributed by atoms with Crippen LogP contribution in [0, 0.1) is 5.92 Å². The van der Waals surface area contributed by atoms with Gasteiger partial charge in [0.25, 0.3) is 0 Å². The molecule has 6 nitrogen and oxygen atoms in total. The molecule has 2 fully saturated rings. The Morgan fingerprint density at radius 2 is 2.10 bits per heavy atom. The molecule has 30 heavy (non-hydrogen) atoms. The number of guanidine groups is 1. The van der Waals surface area contributed by atoms with E-state index in [1.54, 1.807) is 0 Å². The molecule has 2 aliphatic heterocycles. The molecule has 0 bridgehead atoms. The minimum absolute atomic E-state index is 0.288. The summed E-state index contributed by atoms with van der Waals surface area (Å²) >= 11 is 1.83. The van der Waals surface area contributed by atoms with E-state index in [2.05, 4.69) is 58.7 Å². The van der Waals surface area contributed by atoms with Crippen LogP contribution >= 0.6 is 11.3 Å². The first-order valence-corrected chi connectivity index (χ1v) is 12.7. The fourth-order valence-corrected chi connectivity index (χ4v) is 5.35. The Kier molecular flexibility index (Phi) is 9.91. The predicted octanol–water partition coefficient (Wildman–Crippen LogP) is 3.19. The Morgan fingerprint density at radius 1 is 1.27 bits per heavy atom. The van der Waals surface area contributed by atoms with Gasteiger partial charge >= 0.3 is 0 Å². The lowest BCUT2D eigenvalue weighted by Gasteiger charge is -2.36. The fraction of sp³-hybridized carbons (Fsp3) is 0.783. The van der Waals surface area contributed by atoms with Gasteiger partial charge in [0.15, 0.2) is 5.96 Å². The molecule has 3 rings (SSSR count). The summed E-state index contributed by atoms with van der Waals surface area (Å²) in [7, 11) is 0. The standard InChI is InChI=1S/C23H41N5OS/c1-4-24-23(25-11-8-20-9-12-27(5-2)13-10-20)26-17-21(22-7-6-16-30-22)28-14-15-29-19(3)18-28/h6-7,16,19-21H,4-5,8-15,17-18H2,1-3H3,(H2,24,25,26). The van der Waals surface area contributed by atoms with Crippen molar-refractivity contribution in [3.63, 3.8) is 0 Å². The number of hydrogen-bond acceptors (Lipinski definition) is 5. The van der Waals surface area contributed by atoms with Gasteiger partial charge in [-0.15, -0.1) is 11.3 Å². The van der Waals surface area contributed by atoms with Gasteiger partial charge in [-0.2, -0.15) is 0 Å². The summed E-state index contributed by atoms with van der Waals surface area (Å²) in [5, 5.41) is 9.20. The molecule has 0 spiro atoms. The number of hydrogen-bond donors (Lipinski definition) is 2. The maximum atomic E-state index is 5.76. The number of likely N-dealkylation sites (tertiary alicyclic amines) is 1. The van der Waals surface area contributed by atoms with Crippen LogP contribution in [0.1, 0.15) is 51.0 Å². The van der Waals surface area contributed by atoms with Gasteiger partial charge in [0.2, 0.25) is 0 Å². The van der Waals surface area contributed by atoms with Crippen LogP contribution in [0.3, 0.4) is 0 Å². The second-order valence-electron chi connectivity index (χ2n) is 8.52. The second kappa shape index (κ2) is 12.6. The Bertz CT molecular complexity index is 615. The highest BCUT2D eigenvalue weighted by Gasteiger charge is 2.26. The number of nitrogens with one attached hydrogen (secondary N) is 2. The molecule has 2 saturated heterocycles. The Hall–Kier alpha value is -1.15. The molecule has 0 saturated carbocycles. The highest BCUT2D eigenvalue weighted by molar-refractivity contribution is 7.10. The van der Waals surface area contributed by atoms with E-state index >= 15 is 0 Å². The zero-order chi connectivity index (χ0) is 21.2. The van der Waals surface area contributed by atoms with Crippen molar-refractivity contribution in [3.8, 4) is 0 Å². The monoisotopic (exact) mass is 435 g/mol. The minimum Gasteiger partial charge on any atom is -0.376 e. The van der Waals surface area contributed by atoms with Crippen LogP contribution in [-0.4, -0.2) is 80.8 Å². The maximum absolute atomic E-state index is 5.76. The second-order valence-corrected chi connectivity index (χ2v) is 9.50. The zero-order valence-electron chi connectivity index (χ0n) is 19.1. The molecule has 0 aromatic carbocycles. The van der Waals surface area contributed by atoms with Gasteiger partial charge in [0.1, 0.15) is 0 Å². The molecule has 170 valence electrons. The van der Waals surface area contributed by atoms with Crippen LogP contribution in [-0.2, 0) is 4.74 Å². The van der Waals surface area contributed by atoms with E-state index in [1.165, 1.54) is 43.8 Å². The van der Waals surface area contributed by atoms with Crippen molar-refractivity contribution < 1.29 is 4.74 Å². The number of aliphatic imine (C=N–C) groups is 1. The Morgan fingerprint density at radius 3 is 2.77 bits per heavy atom. The minimum atomic E-state index is 0.288. The number of nitrogens with zero attached hydrogens (tertiary/aromatic N) is 3. The fourth-order valence-electron chi connectivity index (χ4n) is 4.50. The van der Waals surface area contributed by atoms with Crippen molar-refractivity contribution in [2.24, 2.45) is 10.9 Å². The largest absolute Gasteiger partial charge is 0.376 e. The van der Waals surface area contributed by atoms with Crippen LogP contribution in [0.25, 0.3) is 0 Å². The Labute approximate surface area is 187 Å². The summed E-state index contributed by atoms with van der Waals surface area (Å²) in [6.45, 7) is 15.7. The summed E-state index contributed by atoms with van der Waals surface area (Å²) in [4.78, 5) is 11.5. The summed E-state index contributed by atoms with van der Waals surface area (Å²) < 4.78 is 5.76. The number of ether oxygens (including phenoxy) is 1. The smallest absolute Gasteiger partial charge is 0.191 e. The molecule has 1 aromatic rings. The van der Waals surface area contributed by atoms with E-state index < -0.39 is 0 Å². The van der Waals surface area contributed by atoms with Gasteiger partial charge in [-0.05, 0) is 70.1 Å². The van der Waals surface area contributed by atoms with Crippen molar-refractivity contribution in [2.45, 2.75) is 52.2 Å². The van der Waals surface area contributed by atoms with Crippen molar-refractivity contribution in [1.29, 1.82) is 0 Å². The highest BCUT2D eigenvalue weighted by Crippen LogP contribution is 2.27. The van der Waals surface area contributed by atoms with Gasteiger partial charge in [0, 0.05) is 31.1 Å². The molecule has 0 amide bonds. The highest BCUT2D eigenvalue weighted by atomic mass is 32.1. The van der Waals surface area contributed by atoms with Gasteiger partial charge in [-0.1, -0.05) is 13.0 Å². The van der Waals surface area contributed by atoms with Gasteiger partial charge < -0.3 is 20.3 Å². The van der Waals surface area contributed by atoms with E-state index in [9.17, 15) is 0 Å². The maximum Gasteiger partial charge on any atom is 0.191 e. The predicted molar refractivity (Wildman–Crippen MR) is 127 cm³/mol. The third-order valence-corrected chi connectivity index (χ3v) is 7.32. The van der Waals surface area contributed by atoms with E-state index in [-0.39, 0.29) is 6.10 Å². The van der Waals surface area contributed by atoms with Crippen molar-refractivity contribution >= 4 is 17.3 Å².